The second kappa shape index (κ2) is 7.41. The first kappa shape index (κ1) is 17.2. The van der Waals surface area contributed by atoms with Crippen molar-refractivity contribution >= 4 is 23.3 Å². The zero-order valence-electron chi connectivity index (χ0n) is 13.7. The highest BCUT2D eigenvalue weighted by Gasteiger charge is 2.15. The van der Waals surface area contributed by atoms with Crippen LogP contribution in [0.2, 0.25) is 0 Å². The van der Waals surface area contributed by atoms with Crippen LogP contribution >= 0.6 is 0 Å². The Morgan fingerprint density at radius 3 is 2.29 bits per heavy atom. The van der Waals surface area contributed by atoms with Crippen LogP contribution < -0.4 is 19.9 Å². The molecule has 0 heterocycles. The summed E-state index contributed by atoms with van der Waals surface area (Å²) in [4.78, 5) is 11.7. The van der Waals surface area contributed by atoms with Gasteiger partial charge in [-0.25, -0.2) is 4.79 Å². The van der Waals surface area contributed by atoms with E-state index in [2.05, 4.69) is 0 Å². The molecule has 0 aliphatic carbocycles. The standard InChI is InChI=1S/C18H19NO5/c1-22-13-5-6-15(19)12(8-13)9-14(18(20)21)11-4-7-16(23-2)17(10-11)24-3/h4-10H,19H2,1-3H3,(H,20,21)/b14-9+. The van der Waals surface area contributed by atoms with Crippen LogP contribution in [-0.4, -0.2) is 32.4 Å². The first-order valence-electron chi connectivity index (χ1n) is 7.11. The number of carbonyl (C=O) groups is 1. The summed E-state index contributed by atoms with van der Waals surface area (Å²) >= 11 is 0. The quantitative estimate of drug-likeness (QED) is 0.481. The number of carboxylic acids is 1. The van der Waals surface area contributed by atoms with E-state index < -0.39 is 5.97 Å². The number of nitrogen functional groups attached to an aromatic ring is 1. The summed E-state index contributed by atoms with van der Waals surface area (Å²) in [6, 6.07) is 9.97. The van der Waals surface area contributed by atoms with Gasteiger partial charge in [0.05, 0.1) is 26.9 Å². The van der Waals surface area contributed by atoms with Crippen molar-refractivity contribution in [3.63, 3.8) is 0 Å². The lowest BCUT2D eigenvalue weighted by molar-refractivity contribution is -0.130. The number of benzene rings is 2. The molecule has 6 heteroatoms. The van der Waals surface area contributed by atoms with Crippen LogP contribution in [0.4, 0.5) is 5.69 Å². The van der Waals surface area contributed by atoms with Crippen LogP contribution in [0.3, 0.4) is 0 Å². The SMILES string of the molecule is COc1ccc(N)c(/C=C(/C(=O)O)c2ccc(OC)c(OC)c2)c1. The Balaban J connectivity index is 2.56. The Morgan fingerprint density at radius 2 is 1.71 bits per heavy atom. The molecule has 126 valence electrons. The van der Waals surface area contributed by atoms with E-state index in [-0.39, 0.29) is 5.57 Å². The van der Waals surface area contributed by atoms with Crippen LogP contribution in [0, 0.1) is 0 Å². The maximum atomic E-state index is 11.7. The minimum absolute atomic E-state index is 0.0795. The fourth-order valence-electron chi connectivity index (χ4n) is 2.23. The number of anilines is 1. The molecule has 2 rings (SSSR count). The van der Waals surface area contributed by atoms with E-state index in [1.54, 1.807) is 36.4 Å². The molecule has 3 N–H and O–H groups in total. The monoisotopic (exact) mass is 329 g/mol. The van der Waals surface area contributed by atoms with Crippen LogP contribution in [0.25, 0.3) is 11.6 Å². The molecular weight excluding hydrogens is 310 g/mol. The van der Waals surface area contributed by atoms with E-state index in [1.807, 2.05) is 0 Å². The van der Waals surface area contributed by atoms with Crippen LogP contribution in [0.1, 0.15) is 11.1 Å². The molecular formula is C18H19NO5. The van der Waals surface area contributed by atoms with Gasteiger partial charge in [0.25, 0.3) is 0 Å². The van der Waals surface area contributed by atoms with Gasteiger partial charge in [-0.1, -0.05) is 6.07 Å². The second-order valence-corrected chi connectivity index (χ2v) is 4.93. The lowest BCUT2D eigenvalue weighted by atomic mass is 10.0. The van der Waals surface area contributed by atoms with Gasteiger partial charge in [0.1, 0.15) is 5.75 Å². The highest BCUT2D eigenvalue weighted by atomic mass is 16.5. The Labute approximate surface area is 140 Å². The van der Waals surface area contributed by atoms with Gasteiger partial charge in [0.2, 0.25) is 0 Å². The zero-order chi connectivity index (χ0) is 17.7. The highest BCUT2D eigenvalue weighted by molar-refractivity contribution is 6.21. The summed E-state index contributed by atoms with van der Waals surface area (Å²) in [6.07, 6.45) is 1.50. The van der Waals surface area contributed by atoms with Gasteiger partial charge in [-0.15, -0.1) is 0 Å². The summed E-state index contributed by atoms with van der Waals surface area (Å²) < 4.78 is 15.6. The summed E-state index contributed by atoms with van der Waals surface area (Å²) in [5, 5.41) is 9.58. The molecule has 24 heavy (non-hydrogen) atoms. The number of carboxylic acid groups (broad SMARTS) is 1. The highest BCUT2D eigenvalue weighted by Crippen LogP contribution is 2.32. The van der Waals surface area contributed by atoms with E-state index in [0.717, 1.165) is 0 Å². The van der Waals surface area contributed by atoms with Crippen LogP contribution in [0.5, 0.6) is 17.2 Å². The van der Waals surface area contributed by atoms with Crippen molar-refractivity contribution in [3.05, 3.63) is 47.5 Å². The minimum Gasteiger partial charge on any atom is -0.497 e. The molecule has 0 unspecified atom stereocenters. The molecule has 0 atom stereocenters. The molecule has 0 fully saturated rings. The van der Waals surface area contributed by atoms with Gasteiger partial charge in [0.15, 0.2) is 11.5 Å². The lowest BCUT2D eigenvalue weighted by Crippen LogP contribution is -2.02. The van der Waals surface area contributed by atoms with Crippen molar-refractivity contribution < 1.29 is 24.1 Å². The molecule has 0 spiro atoms. The number of hydrogen-bond donors (Lipinski definition) is 2. The Kier molecular flexibility index (Phi) is 5.31. The van der Waals surface area contributed by atoms with Crippen molar-refractivity contribution in [2.75, 3.05) is 27.1 Å². The van der Waals surface area contributed by atoms with Crippen molar-refractivity contribution in [2.24, 2.45) is 0 Å². The number of aliphatic carboxylic acids is 1. The fourth-order valence-corrected chi connectivity index (χ4v) is 2.23. The first-order chi connectivity index (χ1) is 11.5. The van der Waals surface area contributed by atoms with Crippen molar-refractivity contribution in [2.45, 2.75) is 0 Å². The number of methoxy groups -OCH3 is 3. The summed E-state index contributed by atoms with van der Waals surface area (Å²) in [5.41, 5.74) is 7.50. The fraction of sp³-hybridized carbons (Fsp3) is 0.167. The Bertz CT molecular complexity index is 783. The third-order valence-corrected chi connectivity index (χ3v) is 3.52. The number of nitrogens with two attached hydrogens (primary N) is 1. The molecule has 0 saturated carbocycles. The largest absolute Gasteiger partial charge is 0.497 e. The maximum absolute atomic E-state index is 11.7. The van der Waals surface area contributed by atoms with E-state index in [0.29, 0.717) is 34.1 Å². The molecule has 0 radical (unpaired) electrons. The predicted octanol–water partition coefficient (Wildman–Crippen LogP) is 2.92. The number of rotatable bonds is 6. The maximum Gasteiger partial charge on any atom is 0.336 e. The van der Waals surface area contributed by atoms with Crippen molar-refractivity contribution in [1.82, 2.24) is 0 Å². The molecule has 0 aliphatic rings. The van der Waals surface area contributed by atoms with Gasteiger partial charge in [-0.05, 0) is 42.0 Å². The van der Waals surface area contributed by atoms with Gasteiger partial charge in [-0.3, -0.25) is 0 Å². The van der Waals surface area contributed by atoms with E-state index in [1.165, 1.54) is 27.4 Å². The molecule has 2 aromatic carbocycles. The molecule has 6 nitrogen and oxygen atoms in total. The van der Waals surface area contributed by atoms with Gasteiger partial charge in [-0.2, -0.15) is 0 Å². The first-order valence-corrected chi connectivity index (χ1v) is 7.11. The van der Waals surface area contributed by atoms with E-state index in [9.17, 15) is 9.90 Å². The average molecular weight is 329 g/mol. The minimum atomic E-state index is -1.08. The smallest absolute Gasteiger partial charge is 0.336 e. The Hall–Kier alpha value is -3.15. The Morgan fingerprint density at radius 1 is 1.00 bits per heavy atom. The number of ether oxygens (including phenoxy) is 3. The van der Waals surface area contributed by atoms with Gasteiger partial charge >= 0.3 is 5.97 Å². The third-order valence-electron chi connectivity index (χ3n) is 3.52. The summed E-state index contributed by atoms with van der Waals surface area (Å²) in [6.45, 7) is 0. The van der Waals surface area contributed by atoms with Gasteiger partial charge < -0.3 is 25.1 Å². The van der Waals surface area contributed by atoms with Crippen LogP contribution in [-0.2, 0) is 4.79 Å². The summed E-state index contributed by atoms with van der Waals surface area (Å²) in [7, 11) is 4.54. The third kappa shape index (κ3) is 3.60. The van der Waals surface area contributed by atoms with E-state index in [4.69, 9.17) is 19.9 Å². The molecule has 0 amide bonds. The number of hydrogen-bond acceptors (Lipinski definition) is 5. The van der Waals surface area contributed by atoms with Crippen molar-refractivity contribution in [3.8, 4) is 17.2 Å². The van der Waals surface area contributed by atoms with Crippen molar-refractivity contribution in [1.29, 1.82) is 0 Å². The zero-order valence-corrected chi connectivity index (χ0v) is 13.7. The molecule has 0 bridgehead atoms. The predicted molar refractivity (Wildman–Crippen MR) is 92.5 cm³/mol. The average Bonchev–Trinajstić information content (AvgIpc) is 2.60. The normalized spacial score (nSPS) is 11.0. The van der Waals surface area contributed by atoms with Crippen LogP contribution in [0.15, 0.2) is 36.4 Å². The lowest BCUT2D eigenvalue weighted by Gasteiger charge is -2.11. The molecule has 0 aromatic heterocycles. The topological polar surface area (TPSA) is 91.0 Å². The molecule has 0 aliphatic heterocycles. The molecule has 2 aromatic rings. The summed E-state index contributed by atoms with van der Waals surface area (Å²) in [5.74, 6) is 0.476. The van der Waals surface area contributed by atoms with Gasteiger partial charge in [0, 0.05) is 11.3 Å². The van der Waals surface area contributed by atoms with E-state index >= 15 is 0 Å². The second-order valence-electron chi connectivity index (χ2n) is 4.93. The molecule has 0 saturated heterocycles.